The van der Waals surface area contributed by atoms with E-state index in [1.54, 1.807) is 0 Å². The van der Waals surface area contributed by atoms with Gasteiger partial charge in [0.05, 0.1) is 28.9 Å². The molecule has 60 heavy (non-hydrogen) atoms. The van der Waals surface area contributed by atoms with Gasteiger partial charge in [0.25, 0.3) is 0 Å². The van der Waals surface area contributed by atoms with E-state index in [0.717, 1.165) is 55.8 Å². The van der Waals surface area contributed by atoms with E-state index >= 15 is 0 Å². The molecule has 0 N–H and O–H groups in total. The van der Waals surface area contributed by atoms with Crippen LogP contribution in [0.1, 0.15) is 31.8 Å². The predicted octanol–water partition coefficient (Wildman–Crippen LogP) is 15.9. The van der Waals surface area contributed by atoms with Crippen LogP contribution < -0.4 is 0 Å². The summed E-state index contributed by atoms with van der Waals surface area (Å²) in [6.07, 6.45) is 0. The third-order valence-corrected chi connectivity index (χ3v) is 14.1. The summed E-state index contributed by atoms with van der Waals surface area (Å²) in [5, 5.41) is 7.38. The molecule has 0 aliphatic heterocycles. The van der Waals surface area contributed by atoms with Crippen LogP contribution in [0.3, 0.4) is 0 Å². The lowest BCUT2D eigenvalue weighted by Gasteiger charge is -2.22. The number of aromatic nitrogens is 2. The Balaban J connectivity index is 0.939. The van der Waals surface area contributed by atoms with Crippen molar-refractivity contribution in [3.8, 4) is 44.8 Å². The summed E-state index contributed by atoms with van der Waals surface area (Å²) in [5.41, 5.74) is 13.7. The summed E-state index contributed by atoms with van der Waals surface area (Å²) in [5.74, 6) is 0. The van der Waals surface area contributed by atoms with E-state index in [1.165, 1.54) is 52.8 Å². The van der Waals surface area contributed by atoms with Crippen LogP contribution in [0, 0.1) is 0 Å². The summed E-state index contributed by atoms with van der Waals surface area (Å²) in [4.78, 5) is 0. The molecule has 1 aliphatic carbocycles. The van der Waals surface area contributed by atoms with Crippen LogP contribution in [0.5, 0.6) is 0 Å². The second kappa shape index (κ2) is 12.4. The molecule has 3 heteroatoms. The highest BCUT2D eigenvalue weighted by Crippen LogP contribution is 2.53. The van der Waals surface area contributed by atoms with Crippen LogP contribution >= 0.6 is 11.3 Å². The number of thiophene rings is 1. The molecule has 9 aromatic carbocycles. The lowest BCUT2D eigenvalue weighted by Crippen LogP contribution is -2.15. The van der Waals surface area contributed by atoms with Gasteiger partial charge in [0.15, 0.2) is 0 Å². The molecule has 3 heterocycles. The fourth-order valence-corrected chi connectivity index (χ4v) is 11.4. The van der Waals surface area contributed by atoms with Gasteiger partial charge in [-0.25, -0.2) is 0 Å². The van der Waals surface area contributed by atoms with E-state index in [0.29, 0.717) is 5.56 Å². The Hall–Kier alpha value is -7.20. The maximum Gasteiger partial charge on any atom is 0.0629 e. The molecule has 282 valence electrons. The van der Waals surface area contributed by atoms with Crippen molar-refractivity contribution in [1.29, 1.82) is 0 Å². The molecule has 0 bridgehead atoms. The number of hydrogen-bond acceptors (Lipinski definition) is 1. The largest absolute Gasteiger partial charge is 0.309 e. The van der Waals surface area contributed by atoms with Crippen LogP contribution in [0.15, 0.2) is 194 Å². The first-order chi connectivity index (χ1) is 31.6. The molecule has 0 unspecified atom stereocenters. The van der Waals surface area contributed by atoms with E-state index < -0.39 is 5.41 Å². The smallest absolute Gasteiger partial charge is 0.0629 e. The Morgan fingerprint density at radius 1 is 0.417 bits per heavy atom. The summed E-state index contributed by atoms with van der Waals surface area (Å²) in [6, 6.07) is 57.7. The molecule has 0 amide bonds. The van der Waals surface area contributed by atoms with Gasteiger partial charge in [0.1, 0.15) is 0 Å². The Morgan fingerprint density at radius 2 is 1.00 bits per heavy atom. The van der Waals surface area contributed by atoms with Crippen molar-refractivity contribution in [2.45, 2.75) is 19.3 Å². The first-order valence-corrected chi connectivity index (χ1v) is 21.2. The van der Waals surface area contributed by atoms with Crippen molar-refractivity contribution in [2.24, 2.45) is 0 Å². The highest BCUT2D eigenvalue weighted by atomic mass is 32.1. The predicted molar refractivity (Wildman–Crippen MR) is 256 cm³/mol. The van der Waals surface area contributed by atoms with Crippen molar-refractivity contribution in [3.05, 3.63) is 205 Å². The molecule has 1 aliphatic rings. The highest BCUT2D eigenvalue weighted by molar-refractivity contribution is 7.25. The average molecular weight is 788 g/mol. The van der Waals surface area contributed by atoms with Gasteiger partial charge in [-0.3, -0.25) is 0 Å². The van der Waals surface area contributed by atoms with Gasteiger partial charge < -0.3 is 9.13 Å². The molecular formula is C57H38N2S. The lowest BCUT2D eigenvalue weighted by molar-refractivity contribution is 0.660. The molecule has 0 atom stereocenters. The molecule has 0 fully saturated rings. The van der Waals surface area contributed by atoms with Crippen molar-refractivity contribution in [2.75, 3.05) is 0 Å². The fraction of sp³-hybridized carbons (Fsp3) is 0.0526. The number of nitrogens with zero attached hydrogens (tertiary/aromatic N) is 2. The quantitative estimate of drug-likeness (QED) is 0.168. The molecule has 2 nitrogen and oxygen atoms in total. The van der Waals surface area contributed by atoms with Gasteiger partial charge in [0, 0.05) is 58.5 Å². The minimum atomic E-state index is -0.414. The van der Waals surface area contributed by atoms with Gasteiger partial charge in [-0.1, -0.05) is 141 Å². The first kappa shape index (κ1) is 29.1. The van der Waals surface area contributed by atoms with E-state index in [2.05, 4.69) is 175 Å². The monoisotopic (exact) mass is 787 g/mol. The van der Waals surface area contributed by atoms with Gasteiger partial charge in [0.2, 0.25) is 0 Å². The number of para-hydroxylation sites is 2. The third kappa shape index (κ3) is 4.70. The number of fused-ring (bicyclic) bond motifs is 12. The van der Waals surface area contributed by atoms with Crippen molar-refractivity contribution >= 4 is 75.1 Å². The molecule has 12 aromatic rings. The maximum atomic E-state index is 8.83. The topological polar surface area (TPSA) is 9.86 Å². The fourth-order valence-electron chi connectivity index (χ4n) is 10.2. The van der Waals surface area contributed by atoms with Crippen molar-refractivity contribution in [1.82, 2.24) is 9.13 Å². The van der Waals surface area contributed by atoms with Crippen LogP contribution in [0.2, 0.25) is 0 Å². The maximum absolute atomic E-state index is 8.83. The zero-order valence-electron chi connectivity index (χ0n) is 37.9. The Labute approximate surface area is 358 Å². The normalized spacial score (nSPS) is 14.5. The minimum Gasteiger partial charge on any atom is -0.309 e. The summed E-state index contributed by atoms with van der Waals surface area (Å²) in [6.45, 7) is 4.42. The Bertz CT molecular complexity index is 4030. The molecule has 13 rings (SSSR count). The Kier molecular flexibility index (Phi) is 6.01. The number of rotatable bonds is 4. The summed E-state index contributed by atoms with van der Waals surface area (Å²) < 4.78 is 50.1. The molecule has 3 aromatic heterocycles. The number of hydrogen-bond donors (Lipinski definition) is 0. The van der Waals surface area contributed by atoms with Crippen LogP contribution in [0.4, 0.5) is 0 Å². The van der Waals surface area contributed by atoms with E-state index in [-0.39, 0.29) is 35.8 Å². The second-order valence-electron chi connectivity index (χ2n) is 16.5. The van der Waals surface area contributed by atoms with E-state index in [4.69, 9.17) is 6.85 Å². The van der Waals surface area contributed by atoms with Crippen LogP contribution in [-0.2, 0) is 5.41 Å². The Morgan fingerprint density at radius 3 is 1.70 bits per heavy atom. The SMILES string of the molecule is [2H]c1c([2H])c([2H])c(-c2cccc3c2-c2ccc(-n4c5ccccc5c5cc(-c6ccc7c(c6)c6ccccc6n7-c6ccc7c(c6)sc6ccccc67)ccc54)cc2C3(C)C)c([2H])c1[2H]. The highest BCUT2D eigenvalue weighted by Gasteiger charge is 2.37. The second-order valence-corrected chi connectivity index (χ2v) is 17.6. The number of benzene rings is 9. The third-order valence-electron chi connectivity index (χ3n) is 13.0. The van der Waals surface area contributed by atoms with Crippen molar-refractivity contribution in [3.63, 3.8) is 0 Å². The molecule has 0 spiro atoms. The van der Waals surface area contributed by atoms with Crippen molar-refractivity contribution < 1.29 is 6.85 Å². The molecule has 0 radical (unpaired) electrons. The van der Waals surface area contributed by atoms with Crippen LogP contribution in [0.25, 0.3) is 109 Å². The zero-order valence-corrected chi connectivity index (χ0v) is 33.7. The van der Waals surface area contributed by atoms with E-state index in [1.807, 2.05) is 23.5 Å². The lowest BCUT2D eigenvalue weighted by atomic mass is 9.82. The summed E-state index contributed by atoms with van der Waals surface area (Å²) >= 11 is 1.85. The van der Waals surface area contributed by atoms with Gasteiger partial charge >= 0.3 is 0 Å². The summed E-state index contributed by atoms with van der Waals surface area (Å²) in [7, 11) is 0. The van der Waals surface area contributed by atoms with Gasteiger partial charge in [-0.2, -0.15) is 0 Å². The van der Waals surface area contributed by atoms with E-state index in [9.17, 15) is 0 Å². The molecule has 0 saturated carbocycles. The average Bonchev–Trinajstić information content (AvgIpc) is 4.04. The molecule has 0 saturated heterocycles. The standard InChI is InChI=1S/C57H38N2S/c1-57(2)48-19-12-18-40(35-13-4-3-5-14-35)56(48)45-28-26-38(33-49(45)57)58-50-20-9-6-15-41(50)46-31-36(23-29-52(46)58)37-24-30-53-47(32-37)42-16-7-10-21-51(42)59(53)39-25-27-44-43-17-8-11-22-54(43)60-55(44)34-39/h3-34H,1-2H3/i3D,4D,5D,13D,14D. The van der Waals surface area contributed by atoms with Crippen LogP contribution in [-0.4, -0.2) is 9.13 Å². The minimum absolute atomic E-state index is 0.190. The van der Waals surface area contributed by atoms with Gasteiger partial charge in [-0.15, -0.1) is 11.3 Å². The molecular weight excluding hydrogens is 745 g/mol. The van der Waals surface area contributed by atoms with Gasteiger partial charge in [-0.05, 0) is 111 Å². The zero-order chi connectivity index (χ0) is 44.0. The first-order valence-electron chi connectivity index (χ1n) is 22.9.